The van der Waals surface area contributed by atoms with Crippen LogP contribution in [0.4, 0.5) is 0 Å². The lowest BCUT2D eigenvalue weighted by molar-refractivity contribution is -0.773. The van der Waals surface area contributed by atoms with E-state index in [0.29, 0.717) is 17.4 Å². The monoisotopic (exact) mass is 259 g/mol. The minimum absolute atomic E-state index is 0.320. The van der Waals surface area contributed by atoms with Crippen molar-refractivity contribution in [2.45, 2.75) is 27.2 Å². The highest BCUT2D eigenvalue weighted by Crippen LogP contribution is 2.14. The Bertz CT molecular complexity index is 363. The summed E-state index contributed by atoms with van der Waals surface area (Å²) < 4.78 is 32.2. The van der Waals surface area contributed by atoms with Crippen LogP contribution in [0.25, 0.3) is 0 Å². The molecule has 0 fully saturated rings. The Morgan fingerprint density at radius 3 is 1.71 bits per heavy atom. The Balaban J connectivity index is 4.80. The molecule has 0 radical (unpaired) electrons. The van der Waals surface area contributed by atoms with Gasteiger partial charge in [-0.05, 0) is 39.0 Å². The van der Waals surface area contributed by atoms with Crippen LogP contribution in [0.15, 0.2) is 36.8 Å². The summed E-state index contributed by atoms with van der Waals surface area (Å²) in [6.45, 7) is 6.28. The van der Waals surface area contributed by atoms with Gasteiger partial charge < -0.3 is 4.55 Å². The molecule has 0 aliphatic rings. The third kappa shape index (κ3) is 7.10. The SMILES string of the molecule is C/C=C/[N+](/C=C/C)(/C=C/C)CCCS(=O)(=O)[O-]. The quantitative estimate of drug-likeness (QED) is 0.521. The Kier molecular flexibility index (Phi) is 7.03. The van der Waals surface area contributed by atoms with Crippen molar-refractivity contribution in [3.63, 3.8) is 0 Å². The van der Waals surface area contributed by atoms with Crippen molar-refractivity contribution >= 4 is 10.1 Å². The fourth-order valence-electron chi connectivity index (χ4n) is 1.72. The zero-order valence-electron chi connectivity index (χ0n) is 10.7. The number of allylic oxidation sites excluding steroid dienone is 3. The van der Waals surface area contributed by atoms with E-state index in [1.807, 2.05) is 57.6 Å². The van der Waals surface area contributed by atoms with Crippen molar-refractivity contribution in [3.8, 4) is 0 Å². The lowest BCUT2D eigenvalue weighted by Crippen LogP contribution is -2.32. The van der Waals surface area contributed by atoms with Crippen LogP contribution in [0, 0.1) is 0 Å². The van der Waals surface area contributed by atoms with Crippen LogP contribution in [0.2, 0.25) is 0 Å². The maximum atomic E-state index is 10.6. The molecule has 0 aromatic heterocycles. The van der Waals surface area contributed by atoms with Crippen molar-refractivity contribution in [2.24, 2.45) is 0 Å². The molecule has 17 heavy (non-hydrogen) atoms. The first kappa shape index (κ1) is 16.1. The van der Waals surface area contributed by atoms with Gasteiger partial charge in [-0.15, -0.1) is 0 Å². The molecule has 0 spiro atoms. The molecule has 4 nitrogen and oxygen atoms in total. The summed E-state index contributed by atoms with van der Waals surface area (Å²) in [5.74, 6) is -0.320. The highest BCUT2D eigenvalue weighted by atomic mass is 32.2. The molecular weight excluding hydrogens is 238 g/mol. The van der Waals surface area contributed by atoms with Gasteiger partial charge in [-0.1, -0.05) is 0 Å². The van der Waals surface area contributed by atoms with Gasteiger partial charge in [-0.2, -0.15) is 0 Å². The van der Waals surface area contributed by atoms with Gasteiger partial charge in [0.15, 0.2) is 0 Å². The zero-order valence-corrected chi connectivity index (χ0v) is 11.5. The topological polar surface area (TPSA) is 57.2 Å². The molecule has 0 rings (SSSR count). The minimum Gasteiger partial charge on any atom is -0.748 e. The molecule has 0 N–H and O–H groups in total. The summed E-state index contributed by atoms with van der Waals surface area (Å²) in [6.07, 6.45) is 11.9. The lowest BCUT2D eigenvalue weighted by Gasteiger charge is -2.26. The predicted molar refractivity (Wildman–Crippen MR) is 68.8 cm³/mol. The van der Waals surface area contributed by atoms with Gasteiger partial charge in [0.25, 0.3) is 0 Å². The van der Waals surface area contributed by atoms with Crippen LogP contribution in [0.1, 0.15) is 27.2 Å². The zero-order chi connectivity index (χ0) is 13.4. The second-order valence-corrected chi connectivity index (χ2v) is 5.30. The summed E-state index contributed by atoms with van der Waals surface area (Å²) in [5.41, 5.74) is 0. The smallest absolute Gasteiger partial charge is 0.101 e. The van der Waals surface area contributed by atoms with Crippen molar-refractivity contribution in [3.05, 3.63) is 36.8 Å². The van der Waals surface area contributed by atoms with Gasteiger partial charge in [0.1, 0.15) is 18.6 Å². The van der Waals surface area contributed by atoms with Gasteiger partial charge in [-0.3, -0.25) is 0 Å². The summed E-state index contributed by atoms with van der Waals surface area (Å²) >= 11 is 0. The van der Waals surface area contributed by atoms with Gasteiger partial charge in [0, 0.05) is 12.2 Å². The first-order valence-electron chi connectivity index (χ1n) is 5.61. The summed E-state index contributed by atoms with van der Waals surface area (Å²) in [4.78, 5) is 0. The van der Waals surface area contributed by atoms with E-state index < -0.39 is 10.1 Å². The summed E-state index contributed by atoms with van der Waals surface area (Å²) in [6, 6.07) is 0. The second kappa shape index (κ2) is 7.42. The van der Waals surface area contributed by atoms with Crippen LogP contribution in [-0.2, 0) is 10.1 Å². The van der Waals surface area contributed by atoms with Crippen LogP contribution in [0.3, 0.4) is 0 Å². The maximum absolute atomic E-state index is 10.6. The van der Waals surface area contributed by atoms with Crippen LogP contribution >= 0.6 is 0 Å². The Hall–Kier alpha value is -0.910. The molecule has 0 amide bonds. The van der Waals surface area contributed by atoms with Crippen molar-refractivity contribution in [1.82, 2.24) is 0 Å². The first-order valence-corrected chi connectivity index (χ1v) is 7.19. The fourth-order valence-corrected chi connectivity index (χ4v) is 2.20. The van der Waals surface area contributed by atoms with E-state index in [9.17, 15) is 13.0 Å². The van der Waals surface area contributed by atoms with Crippen molar-refractivity contribution in [2.75, 3.05) is 12.3 Å². The number of nitrogens with zero attached hydrogens (tertiary/aromatic N) is 1. The largest absolute Gasteiger partial charge is 0.748 e. The van der Waals surface area contributed by atoms with E-state index in [2.05, 4.69) is 0 Å². The molecule has 0 saturated heterocycles. The average molecular weight is 259 g/mol. The molecule has 5 heteroatoms. The van der Waals surface area contributed by atoms with Crippen molar-refractivity contribution < 1.29 is 17.5 Å². The second-order valence-electron chi connectivity index (χ2n) is 3.78. The molecule has 0 unspecified atom stereocenters. The van der Waals surface area contributed by atoms with Gasteiger partial charge >= 0.3 is 0 Å². The third-order valence-electron chi connectivity index (χ3n) is 2.22. The van der Waals surface area contributed by atoms with E-state index in [1.54, 1.807) is 0 Å². The molecule has 0 aliphatic heterocycles. The van der Waals surface area contributed by atoms with E-state index in [4.69, 9.17) is 0 Å². The van der Waals surface area contributed by atoms with E-state index in [0.717, 1.165) is 0 Å². The van der Waals surface area contributed by atoms with Crippen LogP contribution < -0.4 is 0 Å². The molecule has 0 saturated carbocycles. The van der Waals surface area contributed by atoms with Gasteiger partial charge in [0.05, 0.1) is 16.7 Å². The van der Waals surface area contributed by atoms with Crippen LogP contribution in [0.5, 0.6) is 0 Å². The molecular formula is C12H21NO3S. The molecule has 0 aliphatic carbocycles. The molecule has 0 aromatic carbocycles. The van der Waals surface area contributed by atoms with E-state index >= 15 is 0 Å². The minimum atomic E-state index is -4.12. The summed E-state index contributed by atoms with van der Waals surface area (Å²) in [5, 5.41) is 0. The third-order valence-corrected chi connectivity index (χ3v) is 3.01. The number of hydrogen-bond donors (Lipinski definition) is 0. The molecule has 0 aromatic rings. The Morgan fingerprint density at radius 2 is 1.41 bits per heavy atom. The average Bonchev–Trinajstić information content (AvgIpc) is 2.16. The number of quaternary nitrogens is 1. The first-order chi connectivity index (χ1) is 7.89. The number of rotatable bonds is 7. The molecule has 98 valence electrons. The predicted octanol–water partition coefficient (Wildman–Crippen LogP) is 2.34. The molecule has 0 heterocycles. The lowest BCUT2D eigenvalue weighted by atomic mass is 10.3. The van der Waals surface area contributed by atoms with Gasteiger partial charge in [-0.25, -0.2) is 12.9 Å². The molecule has 0 bridgehead atoms. The summed E-state index contributed by atoms with van der Waals surface area (Å²) in [7, 11) is -4.12. The van der Waals surface area contributed by atoms with E-state index in [1.165, 1.54) is 0 Å². The highest BCUT2D eigenvalue weighted by Gasteiger charge is 2.18. The fraction of sp³-hybridized carbons (Fsp3) is 0.500. The molecule has 0 atom stereocenters. The Labute approximate surface area is 104 Å². The van der Waals surface area contributed by atoms with Crippen LogP contribution in [-0.4, -0.2) is 29.8 Å². The Morgan fingerprint density at radius 1 is 1.00 bits per heavy atom. The normalized spacial score (nSPS) is 14.4. The highest BCUT2D eigenvalue weighted by molar-refractivity contribution is 7.85. The standard InChI is InChI=1S/C12H21NO3S/c1-4-8-13(9-5-2,10-6-3)11-7-12-17(14,15)16/h4-6,8-10H,7,11-12H2,1-3H3/b8-4+,9-5+,10-6+. The number of hydrogen-bond acceptors (Lipinski definition) is 3. The maximum Gasteiger partial charge on any atom is 0.101 e. The van der Waals surface area contributed by atoms with E-state index in [-0.39, 0.29) is 5.75 Å². The van der Waals surface area contributed by atoms with Gasteiger partial charge in [0.2, 0.25) is 0 Å². The van der Waals surface area contributed by atoms with Crippen molar-refractivity contribution in [1.29, 1.82) is 0 Å².